The van der Waals surface area contributed by atoms with Gasteiger partial charge in [-0.1, -0.05) is 194 Å². The lowest BCUT2D eigenvalue weighted by atomic mass is 10.1. The number of esters is 3. The largest absolute Gasteiger partial charge is 0.466 e. The molecular formula is C54H108N4O6. The van der Waals surface area contributed by atoms with Crippen molar-refractivity contribution < 1.29 is 28.6 Å². The van der Waals surface area contributed by atoms with Crippen LogP contribution in [0.5, 0.6) is 0 Å². The minimum Gasteiger partial charge on any atom is -0.466 e. The maximum atomic E-state index is 12.5. The fraction of sp³-hybridized carbons (Fsp3) is 0.944. The van der Waals surface area contributed by atoms with Gasteiger partial charge in [-0.15, -0.1) is 0 Å². The highest BCUT2D eigenvalue weighted by atomic mass is 16.5. The van der Waals surface area contributed by atoms with Crippen LogP contribution in [0.4, 0.5) is 0 Å². The SMILES string of the molecule is CCCCCCCCCCCCOC(=O)CCN(C)CCN(CCN(C)CCC(=O)OCCCCCCCCCCCC)CCN(C)CCC(=O)OCCCCCCCCCCCC. The second-order valence-electron chi connectivity index (χ2n) is 19.2. The van der Waals surface area contributed by atoms with Crippen LogP contribution in [0.3, 0.4) is 0 Å². The van der Waals surface area contributed by atoms with E-state index >= 15 is 0 Å². The molecule has 0 heterocycles. The Morgan fingerprint density at radius 1 is 0.281 bits per heavy atom. The summed E-state index contributed by atoms with van der Waals surface area (Å²) in [5.41, 5.74) is 0. The van der Waals surface area contributed by atoms with E-state index in [-0.39, 0.29) is 17.9 Å². The number of rotatable bonds is 51. The molecule has 10 nitrogen and oxygen atoms in total. The fourth-order valence-corrected chi connectivity index (χ4v) is 8.00. The highest BCUT2D eigenvalue weighted by Crippen LogP contribution is 2.13. The van der Waals surface area contributed by atoms with Gasteiger partial charge in [0, 0.05) is 58.9 Å². The van der Waals surface area contributed by atoms with Crippen LogP contribution in [0.15, 0.2) is 0 Å². The molecule has 10 heteroatoms. The Hall–Kier alpha value is -1.75. The van der Waals surface area contributed by atoms with Crippen LogP contribution >= 0.6 is 0 Å². The maximum absolute atomic E-state index is 12.5. The number of hydrogen-bond acceptors (Lipinski definition) is 10. The molecule has 0 rings (SSSR count). The lowest BCUT2D eigenvalue weighted by Gasteiger charge is -2.29. The van der Waals surface area contributed by atoms with Crippen molar-refractivity contribution in [2.24, 2.45) is 0 Å². The second-order valence-corrected chi connectivity index (χ2v) is 19.2. The zero-order chi connectivity index (χ0) is 47.0. The van der Waals surface area contributed by atoms with Crippen LogP contribution < -0.4 is 0 Å². The molecule has 0 atom stereocenters. The Labute approximate surface area is 397 Å². The van der Waals surface area contributed by atoms with Gasteiger partial charge < -0.3 is 28.9 Å². The summed E-state index contributed by atoms with van der Waals surface area (Å²) in [5, 5.41) is 0. The van der Waals surface area contributed by atoms with Gasteiger partial charge in [-0.05, 0) is 40.4 Å². The Kier molecular flexibility index (Phi) is 47.8. The summed E-state index contributed by atoms with van der Waals surface area (Å²) in [7, 11) is 6.23. The third kappa shape index (κ3) is 46.8. The average molecular weight is 909 g/mol. The molecule has 0 fully saturated rings. The molecule has 0 N–H and O–H groups in total. The first kappa shape index (κ1) is 62.2. The number of likely N-dealkylation sites (N-methyl/N-ethyl adjacent to an activating group) is 3. The summed E-state index contributed by atoms with van der Waals surface area (Å²) in [6.07, 6.45) is 39.3. The first-order chi connectivity index (χ1) is 31.2. The van der Waals surface area contributed by atoms with E-state index in [4.69, 9.17) is 14.2 Å². The number of carbonyl (C=O) groups excluding carboxylic acids is 3. The van der Waals surface area contributed by atoms with Crippen LogP contribution in [0.25, 0.3) is 0 Å². The Morgan fingerprint density at radius 3 is 0.703 bits per heavy atom. The molecule has 0 radical (unpaired) electrons. The van der Waals surface area contributed by atoms with Gasteiger partial charge in [-0.3, -0.25) is 19.3 Å². The molecule has 0 aliphatic rings. The van der Waals surface area contributed by atoms with E-state index in [1.807, 2.05) is 0 Å². The molecule has 0 aliphatic carbocycles. The minimum atomic E-state index is -0.105. The molecule has 0 aromatic carbocycles. The average Bonchev–Trinajstić information content (AvgIpc) is 3.29. The van der Waals surface area contributed by atoms with Crippen molar-refractivity contribution in [3.05, 3.63) is 0 Å². The Morgan fingerprint density at radius 2 is 0.484 bits per heavy atom. The fourth-order valence-electron chi connectivity index (χ4n) is 8.00. The standard InChI is InChI=1S/C54H108N4O6/c1-7-10-13-16-19-22-25-28-31-34-49-62-52(59)37-40-55(4)43-46-58(47-44-56(5)41-38-53(60)63-50-35-32-29-26-23-20-17-14-11-8-2)48-45-57(6)42-39-54(61)64-51-36-33-30-27-24-21-18-15-12-9-3/h7-51H2,1-6H3. The molecular weight excluding hydrogens is 801 g/mol. The molecule has 0 saturated carbocycles. The van der Waals surface area contributed by atoms with E-state index in [1.54, 1.807) is 0 Å². The third-order valence-corrected chi connectivity index (χ3v) is 12.8. The summed E-state index contributed by atoms with van der Waals surface area (Å²) >= 11 is 0. The zero-order valence-corrected chi connectivity index (χ0v) is 43.6. The zero-order valence-electron chi connectivity index (χ0n) is 43.6. The highest BCUT2D eigenvalue weighted by Gasteiger charge is 2.14. The minimum absolute atomic E-state index is 0.105. The number of unbranched alkanes of at least 4 members (excludes halogenated alkanes) is 27. The van der Waals surface area contributed by atoms with Crippen LogP contribution in [0, 0.1) is 0 Å². The van der Waals surface area contributed by atoms with Gasteiger partial charge in [0.15, 0.2) is 0 Å². The molecule has 0 aliphatic heterocycles. The van der Waals surface area contributed by atoms with Crippen LogP contribution in [0.2, 0.25) is 0 Å². The third-order valence-electron chi connectivity index (χ3n) is 12.8. The lowest BCUT2D eigenvalue weighted by Crippen LogP contribution is -2.42. The van der Waals surface area contributed by atoms with Gasteiger partial charge in [0.2, 0.25) is 0 Å². The van der Waals surface area contributed by atoms with Crippen LogP contribution in [0.1, 0.15) is 233 Å². The van der Waals surface area contributed by atoms with Crippen LogP contribution in [-0.4, -0.2) is 137 Å². The summed E-state index contributed by atoms with van der Waals surface area (Å²) in [4.78, 5) is 46.6. The molecule has 0 unspecified atom stereocenters. The molecule has 380 valence electrons. The summed E-state index contributed by atoms with van der Waals surface area (Å²) in [6.45, 7) is 15.5. The van der Waals surface area contributed by atoms with E-state index in [2.05, 4.69) is 61.5 Å². The van der Waals surface area contributed by atoms with Gasteiger partial charge >= 0.3 is 17.9 Å². The monoisotopic (exact) mass is 909 g/mol. The van der Waals surface area contributed by atoms with Gasteiger partial charge in [-0.25, -0.2) is 0 Å². The number of ether oxygens (including phenoxy) is 3. The van der Waals surface area contributed by atoms with Gasteiger partial charge in [-0.2, -0.15) is 0 Å². The quantitative estimate of drug-likeness (QED) is 0.0334. The van der Waals surface area contributed by atoms with Crippen molar-refractivity contribution in [1.29, 1.82) is 0 Å². The molecule has 0 spiro atoms. The smallest absolute Gasteiger partial charge is 0.307 e. The molecule has 0 aromatic rings. The summed E-state index contributed by atoms with van der Waals surface area (Å²) in [5.74, 6) is -0.314. The molecule has 0 amide bonds. The number of carbonyl (C=O) groups is 3. The summed E-state index contributed by atoms with van der Waals surface area (Å²) in [6, 6.07) is 0. The maximum Gasteiger partial charge on any atom is 0.307 e. The van der Waals surface area contributed by atoms with Crippen molar-refractivity contribution in [3.63, 3.8) is 0 Å². The van der Waals surface area contributed by atoms with E-state index in [1.165, 1.54) is 154 Å². The van der Waals surface area contributed by atoms with Gasteiger partial charge in [0.25, 0.3) is 0 Å². The predicted octanol–water partition coefficient (Wildman–Crippen LogP) is 12.6. The van der Waals surface area contributed by atoms with Crippen molar-refractivity contribution in [2.45, 2.75) is 233 Å². The van der Waals surface area contributed by atoms with E-state index in [9.17, 15) is 14.4 Å². The lowest BCUT2D eigenvalue weighted by molar-refractivity contribution is -0.145. The predicted molar refractivity (Wildman–Crippen MR) is 271 cm³/mol. The topological polar surface area (TPSA) is 91.9 Å². The molecule has 0 saturated heterocycles. The van der Waals surface area contributed by atoms with Crippen molar-refractivity contribution in [1.82, 2.24) is 19.6 Å². The first-order valence-electron chi connectivity index (χ1n) is 27.5. The van der Waals surface area contributed by atoms with E-state index < -0.39 is 0 Å². The Balaban J connectivity index is 4.57. The van der Waals surface area contributed by atoms with Crippen molar-refractivity contribution in [2.75, 3.05) is 99.9 Å². The summed E-state index contributed by atoms with van der Waals surface area (Å²) < 4.78 is 16.7. The molecule has 64 heavy (non-hydrogen) atoms. The van der Waals surface area contributed by atoms with Gasteiger partial charge in [0.1, 0.15) is 0 Å². The van der Waals surface area contributed by atoms with Crippen LogP contribution in [-0.2, 0) is 28.6 Å². The Bertz CT molecular complexity index is 895. The van der Waals surface area contributed by atoms with Crippen molar-refractivity contribution >= 4 is 17.9 Å². The van der Waals surface area contributed by atoms with Gasteiger partial charge in [0.05, 0.1) is 39.1 Å². The molecule has 0 bridgehead atoms. The van der Waals surface area contributed by atoms with E-state index in [0.717, 1.165) is 77.8 Å². The molecule has 0 aromatic heterocycles. The highest BCUT2D eigenvalue weighted by molar-refractivity contribution is 5.70. The first-order valence-corrected chi connectivity index (χ1v) is 27.5. The second kappa shape index (κ2) is 49.2. The number of nitrogens with zero attached hydrogens (tertiary/aromatic N) is 4. The normalized spacial score (nSPS) is 11.7. The van der Waals surface area contributed by atoms with E-state index in [0.29, 0.717) is 58.7 Å². The number of hydrogen-bond donors (Lipinski definition) is 0. The van der Waals surface area contributed by atoms with Crippen molar-refractivity contribution in [3.8, 4) is 0 Å².